The molecule has 0 aliphatic rings. The fourth-order valence-electron chi connectivity index (χ4n) is 1.84. The highest BCUT2D eigenvalue weighted by atomic mass is 127. The van der Waals surface area contributed by atoms with E-state index in [0.29, 0.717) is 0 Å². The van der Waals surface area contributed by atoms with Gasteiger partial charge in [0.25, 0.3) is 0 Å². The second kappa shape index (κ2) is 6.12. The molecule has 0 aromatic heterocycles. The summed E-state index contributed by atoms with van der Waals surface area (Å²) in [6.07, 6.45) is 0. The van der Waals surface area contributed by atoms with Crippen LogP contribution in [0.3, 0.4) is 0 Å². The maximum absolute atomic E-state index is 3.30. The van der Waals surface area contributed by atoms with Crippen LogP contribution in [0.5, 0.6) is 0 Å². The van der Waals surface area contributed by atoms with E-state index < -0.39 is 0 Å². The van der Waals surface area contributed by atoms with Crippen molar-refractivity contribution in [1.82, 2.24) is 0 Å². The first-order valence-corrected chi connectivity index (χ1v) is 7.20. The van der Waals surface area contributed by atoms with Crippen LogP contribution in [-0.4, -0.2) is 14.1 Å². The Balaban J connectivity index is 2.45. The zero-order valence-corrected chi connectivity index (χ0v) is 13.5. The van der Waals surface area contributed by atoms with Crippen LogP contribution in [0.15, 0.2) is 42.5 Å². The fraction of sp³-hybridized carbons (Fsp3) is 0.176. The van der Waals surface area contributed by atoms with Gasteiger partial charge >= 0.3 is 0 Å². The molecule has 0 spiro atoms. The summed E-state index contributed by atoms with van der Waals surface area (Å²) < 4.78 is 1.19. The van der Waals surface area contributed by atoms with Crippen LogP contribution in [0.25, 0.3) is 0 Å². The molecule has 0 unspecified atom stereocenters. The minimum atomic E-state index is 1.07. The van der Waals surface area contributed by atoms with Gasteiger partial charge in [0.05, 0.1) is 5.69 Å². The van der Waals surface area contributed by atoms with Crippen molar-refractivity contribution in [2.45, 2.75) is 6.92 Å². The Kier molecular flexibility index (Phi) is 4.49. The summed E-state index contributed by atoms with van der Waals surface area (Å²) in [5.41, 5.74) is 4.54. The minimum absolute atomic E-state index is 1.07. The molecule has 1 nitrogen and oxygen atoms in total. The summed E-state index contributed by atoms with van der Waals surface area (Å²) >= 11 is 2.32. The number of benzene rings is 2. The lowest BCUT2D eigenvalue weighted by Gasteiger charge is -2.15. The highest BCUT2D eigenvalue weighted by molar-refractivity contribution is 14.1. The lowest BCUT2D eigenvalue weighted by Crippen LogP contribution is -2.10. The number of hydrogen-bond donors (Lipinski definition) is 0. The van der Waals surface area contributed by atoms with Crippen LogP contribution in [0, 0.1) is 22.3 Å². The molecule has 0 aliphatic carbocycles. The van der Waals surface area contributed by atoms with E-state index in [9.17, 15) is 0 Å². The Morgan fingerprint density at radius 2 is 1.63 bits per heavy atom. The molecule has 0 N–H and O–H groups in total. The first kappa shape index (κ1) is 14.0. The lowest BCUT2D eigenvalue weighted by molar-refractivity contribution is 1.12. The topological polar surface area (TPSA) is 3.24 Å². The van der Waals surface area contributed by atoms with Crippen LogP contribution < -0.4 is 4.90 Å². The maximum Gasteiger partial charge on any atom is 0.0520 e. The highest BCUT2D eigenvalue weighted by Crippen LogP contribution is 2.19. The van der Waals surface area contributed by atoms with Gasteiger partial charge in [0.2, 0.25) is 0 Å². The van der Waals surface area contributed by atoms with Gasteiger partial charge in [-0.2, -0.15) is 0 Å². The molecule has 0 atom stereocenters. The first-order valence-electron chi connectivity index (χ1n) is 6.12. The largest absolute Gasteiger partial charge is 0.377 e. The molecule has 0 radical (unpaired) electrons. The predicted molar refractivity (Wildman–Crippen MR) is 90.6 cm³/mol. The summed E-state index contributed by atoms with van der Waals surface area (Å²) in [5, 5.41) is 0. The molecule has 0 saturated carbocycles. The molecule has 0 bridgehead atoms. The van der Waals surface area contributed by atoms with Gasteiger partial charge in [-0.25, -0.2) is 0 Å². The Labute approximate surface area is 128 Å². The molecule has 19 heavy (non-hydrogen) atoms. The van der Waals surface area contributed by atoms with Crippen molar-refractivity contribution >= 4 is 28.3 Å². The average molecular weight is 361 g/mol. The number of nitrogens with zero attached hydrogens (tertiary/aromatic N) is 1. The van der Waals surface area contributed by atoms with Gasteiger partial charge in [-0.3, -0.25) is 0 Å². The van der Waals surface area contributed by atoms with Crippen molar-refractivity contribution in [3.63, 3.8) is 0 Å². The summed E-state index contributed by atoms with van der Waals surface area (Å²) in [4.78, 5) is 2.10. The third kappa shape index (κ3) is 3.51. The normalized spacial score (nSPS) is 9.68. The van der Waals surface area contributed by atoms with Crippen molar-refractivity contribution in [1.29, 1.82) is 0 Å². The molecule has 2 rings (SSSR count). The van der Waals surface area contributed by atoms with Crippen molar-refractivity contribution in [3.8, 4) is 11.8 Å². The molecule has 2 aromatic rings. The Morgan fingerprint density at radius 3 is 2.32 bits per heavy atom. The number of rotatable bonds is 1. The standard InChI is InChI=1S/C17H16IN/c1-13-8-11-17(19(2)3)15(12-13)10-9-14-6-4-5-7-16(14)18/h4-8,11-12H,1-3H3. The molecule has 0 aliphatic heterocycles. The molecule has 2 aromatic carbocycles. The van der Waals surface area contributed by atoms with E-state index in [1.807, 2.05) is 26.2 Å². The zero-order chi connectivity index (χ0) is 13.8. The van der Waals surface area contributed by atoms with E-state index in [2.05, 4.69) is 76.6 Å². The number of halogens is 1. The van der Waals surface area contributed by atoms with Crippen LogP contribution in [0.2, 0.25) is 0 Å². The van der Waals surface area contributed by atoms with E-state index in [-0.39, 0.29) is 0 Å². The predicted octanol–water partition coefficient (Wildman–Crippen LogP) is 4.07. The quantitative estimate of drug-likeness (QED) is 0.547. The molecular formula is C17H16IN. The number of anilines is 1. The van der Waals surface area contributed by atoms with Crippen LogP contribution in [0.4, 0.5) is 5.69 Å². The molecule has 0 heterocycles. The van der Waals surface area contributed by atoms with E-state index in [1.165, 1.54) is 9.13 Å². The fourth-order valence-corrected chi connectivity index (χ4v) is 2.36. The SMILES string of the molecule is Cc1ccc(N(C)C)c(C#Cc2ccccc2I)c1. The molecule has 0 amide bonds. The van der Waals surface area contributed by atoms with Gasteiger partial charge in [0.15, 0.2) is 0 Å². The van der Waals surface area contributed by atoms with E-state index >= 15 is 0 Å². The summed E-state index contributed by atoms with van der Waals surface area (Å²) in [6, 6.07) is 14.6. The molecular weight excluding hydrogens is 345 g/mol. The van der Waals surface area contributed by atoms with E-state index in [0.717, 1.165) is 16.8 Å². The van der Waals surface area contributed by atoms with Gasteiger partial charge < -0.3 is 4.90 Å². The number of aryl methyl sites for hydroxylation is 1. The lowest BCUT2D eigenvalue weighted by atomic mass is 10.1. The summed E-state index contributed by atoms with van der Waals surface area (Å²) in [7, 11) is 4.09. The van der Waals surface area contributed by atoms with Crippen molar-refractivity contribution in [2.75, 3.05) is 19.0 Å². The molecule has 96 valence electrons. The summed E-state index contributed by atoms with van der Waals surface area (Å²) in [5.74, 6) is 6.56. The smallest absolute Gasteiger partial charge is 0.0520 e. The van der Waals surface area contributed by atoms with E-state index in [4.69, 9.17) is 0 Å². The second-order valence-corrected chi connectivity index (χ2v) is 5.81. The van der Waals surface area contributed by atoms with Crippen molar-refractivity contribution in [2.24, 2.45) is 0 Å². The Morgan fingerprint density at radius 1 is 0.947 bits per heavy atom. The third-order valence-electron chi connectivity index (χ3n) is 2.84. The monoisotopic (exact) mass is 361 g/mol. The van der Waals surface area contributed by atoms with Gasteiger partial charge in [-0.1, -0.05) is 30.0 Å². The molecule has 0 saturated heterocycles. The first-order chi connectivity index (χ1) is 9.08. The summed E-state index contributed by atoms with van der Waals surface area (Å²) in [6.45, 7) is 2.09. The average Bonchev–Trinajstić information content (AvgIpc) is 2.37. The van der Waals surface area contributed by atoms with Crippen molar-refractivity contribution in [3.05, 3.63) is 62.7 Å². The van der Waals surface area contributed by atoms with E-state index in [1.54, 1.807) is 0 Å². The maximum atomic E-state index is 3.30. The van der Waals surface area contributed by atoms with Crippen LogP contribution >= 0.6 is 22.6 Å². The van der Waals surface area contributed by atoms with Crippen LogP contribution in [0.1, 0.15) is 16.7 Å². The third-order valence-corrected chi connectivity index (χ3v) is 3.78. The minimum Gasteiger partial charge on any atom is -0.377 e. The number of hydrogen-bond acceptors (Lipinski definition) is 1. The highest BCUT2D eigenvalue weighted by Gasteiger charge is 2.02. The van der Waals surface area contributed by atoms with Gasteiger partial charge in [0, 0.05) is 28.8 Å². The Bertz CT molecular complexity index is 648. The van der Waals surface area contributed by atoms with Gasteiger partial charge in [0.1, 0.15) is 0 Å². The van der Waals surface area contributed by atoms with Gasteiger partial charge in [-0.15, -0.1) is 0 Å². The van der Waals surface area contributed by atoms with Gasteiger partial charge in [-0.05, 0) is 59.3 Å². The zero-order valence-electron chi connectivity index (χ0n) is 11.4. The van der Waals surface area contributed by atoms with Crippen LogP contribution in [-0.2, 0) is 0 Å². The van der Waals surface area contributed by atoms with Crippen molar-refractivity contribution < 1.29 is 0 Å². The molecule has 2 heteroatoms. The second-order valence-electron chi connectivity index (χ2n) is 4.64. The molecule has 0 fully saturated rings. The Hall–Kier alpha value is -1.47.